The molecule has 0 saturated heterocycles. The van der Waals surface area contributed by atoms with Gasteiger partial charge in [-0.25, -0.2) is 4.79 Å². The van der Waals surface area contributed by atoms with E-state index < -0.39 is 18.0 Å². The smallest absolute Gasteiger partial charge is 0.325 e. The highest BCUT2D eigenvalue weighted by molar-refractivity contribution is 5.82. The van der Waals surface area contributed by atoms with E-state index in [1.807, 2.05) is 20.8 Å². The first-order valence-electron chi connectivity index (χ1n) is 5.10. The fourth-order valence-electron chi connectivity index (χ4n) is 1.29. The lowest BCUT2D eigenvalue weighted by Gasteiger charge is -2.26. The van der Waals surface area contributed by atoms with Crippen LogP contribution in [0, 0.1) is 0 Å². The van der Waals surface area contributed by atoms with Gasteiger partial charge in [0.15, 0.2) is 0 Å². The summed E-state index contributed by atoms with van der Waals surface area (Å²) >= 11 is 0. The molecule has 0 aliphatic carbocycles. The SMILES string of the molecule is CCCC(C)(C)NC(=O)N[C@@H](C)C(=O)O. The molecule has 0 saturated carbocycles. The molecule has 5 nitrogen and oxygen atoms in total. The van der Waals surface area contributed by atoms with Gasteiger partial charge in [-0.1, -0.05) is 13.3 Å². The number of carbonyl (C=O) groups excluding carboxylic acids is 1. The van der Waals surface area contributed by atoms with Gasteiger partial charge in [0.1, 0.15) is 6.04 Å². The Labute approximate surface area is 90.2 Å². The van der Waals surface area contributed by atoms with Crippen molar-refractivity contribution in [3.8, 4) is 0 Å². The minimum absolute atomic E-state index is 0.308. The number of hydrogen-bond acceptors (Lipinski definition) is 2. The lowest BCUT2D eigenvalue weighted by Crippen LogP contribution is -2.51. The molecule has 0 radical (unpaired) electrons. The number of hydrogen-bond donors (Lipinski definition) is 3. The molecule has 0 spiro atoms. The number of aliphatic carboxylic acids is 1. The lowest BCUT2D eigenvalue weighted by atomic mass is 9.99. The van der Waals surface area contributed by atoms with E-state index in [2.05, 4.69) is 10.6 Å². The third kappa shape index (κ3) is 5.93. The van der Waals surface area contributed by atoms with Gasteiger partial charge in [-0.3, -0.25) is 4.79 Å². The first-order chi connectivity index (χ1) is 6.78. The number of carbonyl (C=O) groups is 2. The average Bonchev–Trinajstić information content (AvgIpc) is 2.01. The maximum absolute atomic E-state index is 11.4. The molecule has 0 fully saturated rings. The van der Waals surface area contributed by atoms with Crippen LogP contribution >= 0.6 is 0 Å². The molecule has 2 amide bonds. The largest absolute Gasteiger partial charge is 0.480 e. The van der Waals surface area contributed by atoms with Crippen LogP contribution in [0.1, 0.15) is 40.5 Å². The quantitative estimate of drug-likeness (QED) is 0.649. The van der Waals surface area contributed by atoms with Crippen molar-refractivity contribution in [2.24, 2.45) is 0 Å². The molecule has 0 unspecified atom stereocenters. The molecule has 88 valence electrons. The topological polar surface area (TPSA) is 78.4 Å². The molecule has 15 heavy (non-hydrogen) atoms. The summed E-state index contributed by atoms with van der Waals surface area (Å²) in [5, 5.41) is 13.7. The second kappa shape index (κ2) is 5.58. The van der Waals surface area contributed by atoms with Crippen LogP contribution in [0.15, 0.2) is 0 Å². The van der Waals surface area contributed by atoms with E-state index in [0.29, 0.717) is 0 Å². The molecule has 0 rings (SSSR count). The minimum atomic E-state index is -1.04. The van der Waals surface area contributed by atoms with E-state index in [9.17, 15) is 9.59 Å². The fraction of sp³-hybridized carbons (Fsp3) is 0.800. The predicted octanol–water partition coefficient (Wildman–Crippen LogP) is 1.34. The van der Waals surface area contributed by atoms with E-state index in [4.69, 9.17) is 5.11 Å². The summed E-state index contributed by atoms with van der Waals surface area (Å²) in [7, 11) is 0. The van der Waals surface area contributed by atoms with Gasteiger partial charge in [-0.2, -0.15) is 0 Å². The number of carboxylic acid groups (broad SMARTS) is 1. The summed E-state index contributed by atoms with van der Waals surface area (Å²) in [6, 6.07) is -1.31. The van der Waals surface area contributed by atoms with Crippen molar-refractivity contribution in [3.05, 3.63) is 0 Å². The van der Waals surface area contributed by atoms with Gasteiger partial charge in [-0.15, -0.1) is 0 Å². The summed E-state index contributed by atoms with van der Waals surface area (Å²) in [6.45, 7) is 7.26. The first kappa shape index (κ1) is 13.7. The lowest BCUT2D eigenvalue weighted by molar-refractivity contribution is -0.138. The fourth-order valence-corrected chi connectivity index (χ4v) is 1.29. The Hall–Kier alpha value is -1.26. The monoisotopic (exact) mass is 216 g/mol. The van der Waals surface area contributed by atoms with Crippen molar-refractivity contribution >= 4 is 12.0 Å². The van der Waals surface area contributed by atoms with Gasteiger partial charge in [0.25, 0.3) is 0 Å². The van der Waals surface area contributed by atoms with Gasteiger partial charge < -0.3 is 15.7 Å². The maximum atomic E-state index is 11.4. The number of amides is 2. The second-order valence-electron chi connectivity index (χ2n) is 4.29. The Morgan fingerprint density at radius 2 is 1.93 bits per heavy atom. The van der Waals surface area contributed by atoms with Crippen LogP contribution in [0.2, 0.25) is 0 Å². The number of carboxylic acids is 1. The van der Waals surface area contributed by atoms with Crippen molar-refractivity contribution < 1.29 is 14.7 Å². The molecular weight excluding hydrogens is 196 g/mol. The van der Waals surface area contributed by atoms with E-state index in [1.54, 1.807) is 0 Å². The van der Waals surface area contributed by atoms with Crippen molar-refractivity contribution in [2.45, 2.75) is 52.1 Å². The minimum Gasteiger partial charge on any atom is -0.480 e. The zero-order valence-electron chi connectivity index (χ0n) is 9.76. The zero-order valence-corrected chi connectivity index (χ0v) is 9.76. The highest BCUT2D eigenvalue weighted by atomic mass is 16.4. The average molecular weight is 216 g/mol. The summed E-state index contributed by atoms with van der Waals surface area (Å²) < 4.78 is 0. The van der Waals surface area contributed by atoms with Crippen LogP contribution in [0.3, 0.4) is 0 Å². The summed E-state index contributed by atoms with van der Waals surface area (Å²) in [5.41, 5.74) is -0.308. The van der Waals surface area contributed by atoms with Gasteiger partial charge in [0, 0.05) is 5.54 Å². The second-order valence-corrected chi connectivity index (χ2v) is 4.29. The Morgan fingerprint density at radius 3 is 2.33 bits per heavy atom. The van der Waals surface area contributed by atoms with E-state index in [-0.39, 0.29) is 5.54 Å². The van der Waals surface area contributed by atoms with Crippen LogP contribution in [-0.2, 0) is 4.79 Å². The summed E-state index contributed by atoms with van der Waals surface area (Å²) in [5.74, 6) is -1.04. The van der Waals surface area contributed by atoms with Crippen molar-refractivity contribution in [1.29, 1.82) is 0 Å². The van der Waals surface area contributed by atoms with Crippen LogP contribution in [-0.4, -0.2) is 28.7 Å². The molecule has 5 heteroatoms. The maximum Gasteiger partial charge on any atom is 0.325 e. The molecular formula is C10H20N2O3. The predicted molar refractivity (Wildman–Crippen MR) is 57.8 cm³/mol. The Morgan fingerprint density at radius 1 is 1.40 bits per heavy atom. The number of urea groups is 1. The Balaban J connectivity index is 4.08. The van der Waals surface area contributed by atoms with Crippen LogP contribution in [0.5, 0.6) is 0 Å². The molecule has 0 aromatic heterocycles. The van der Waals surface area contributed by atoms with Gasteiger partial charge in [0.05, 0.1) is 0 Å². The van der Waals surface area contributed by atoms with Crippen molar-refractivity contribution in [3.63, 3.8) is 0 Å². The van der Waals surface area contributed by atoms with Gasteiger partial charge in [0.2, 0.25) is 0 Å². The Bertz CT molecular complexity index is 239. The van der Waals surface area contributed by atoms with E-state index in [0.717, 1.165) is 12.8 Å². The van der Waals surface area contributed by atoms with Crippen LogP contribution in [0.4, 0.5) is 4.79 Å². The standard InChI is InChI=1S/C10H20N2O3/c1-5-6-10(3,4)12-9(15)11-7(2)8(13)14/h7H,5-6H2,1-4H3,(H,13,14)(H2,11,12,15)/t7-/m0/s1. The van der Waals surface area contributed by atoms with Crippen LogP contribution in [0.25, 0.3) is 0 Å². The number of nitrogens with one attached hydrogen (secondary N) is 2. The van der Waals surface area contributed by atoms with Crippen LogP contribution < -0.4 is 10.6 Å². The third-order valence-corrected chi connectivity index (χ3v) is 2.04. The van der Waals surface area contributed by atoms with E-state index in [1.165, 1.54) is 6.92 Å². The molecule has 3 N–H and O–H groups in total. The van der Waals surface area contributed by atoms with Gasteiger partial charge >= 0.3 is 12.0 Å². The molecule has 0 aliphatic rings. The zero-order chi connectivity index (χ0) is 12.1. The Kier molecular flexibility index (Phi) is 5.11. The molecule has 1 atom stereocenters. The summed E-state index contributed by atoms with van der Waals surface area (Å²) in [4.78, 5) is 21.8. The first-order valence-corrected chi connectivity index (χ1v) is 5.10. The highest BCUT2D eigenvalue weighted by Gasteiger charge is 2.21. The molecule has 0 bridgehead atoms. The van der Waals surface area contributed by atoms with Crippen molar-refractivity contribution in [2.75, 3.05) is 0 Å². The molecule has 0 heterocycles. The summed E-state index contributed by atoms with van der Waals surface area (Å²) in [6.07, 6.45) is 1.81. The third-order valence-electron chi connectivity index (χ3n) is 2.04. The highest BCUT2D eigenvalue weighted by Crippen LogP contribution is 2.10. The molecule has 0 aromatic rings. The molecule has 0 aliphatic heterocycles. The van der Waals surface area contributed by atoms with Gasteiger partial charge in [-0.05, 0) is 27.2 Å². The normalized spacial score (nSPS) is 13.1. The van der Waals surface area contributed by atoms with Crippen molar-refractivity contribution in [1.82, 2.24) is 10.6 Å². The molecule has 0 aromatic carbocycles. The number of rotatable bonds is 5. The van der Waals surface area contributed by atoms with E-state index >= 15 is 0 Å².